The van der Waals surface area contributed by atoms with Crippen molar-refractivity contribution in [1.82, 2.24) is 0 Å². The van der Waals surface area contributed by atoms with Crippen molar-refractivity contribution < 1.29 is 5.11 Å². The van der Waals surface area contributed by atoms with Crippen molar-refractivity contribution >= 4 is 23.3 Å². The zero-order chi connectivity index (χ0) is 11.4. The Labute approximate surface area is 86.1 Å². The molecule has 1 rings (SSSR count). The summed E-state index contributed by atoms with van der Waals surface area (Å²) in [4.78, 5) is 7.48. The lowest BCUT2D eigenvalue weighted by molar-refractivity contribution is 0.477. The summed E-state index contributed by atoms with van der Waals surface area (Å²) in [5.74, 6) is -0.443. The van der Waals surface area contributed by atoms with E-state index in [0.29, 0.717) is 5.69 Å². The second-order valence-corrected chi connectivity index (χ2v) is 2.72. The number of hydrogen-bond donors (Lipinski definition) is 5. The molecule has 15 heavy (non-hydrogen) atoms. The van der Waals surface area contributed by atoms with Gasteiger partial charge in [-0.15, -0.1) is 0 Å². The predicted octanol–water partition coefficient (Wildman–Crippen LogP) is -0.798. The molecule has 80 valence electrons. The Hall–Kier alpha value is -2.44. The minimum absolute atomic E-state index is 0.106. The van der Waals surface area contributed by atoms with Gasteiger partial charge in [-0.3, -0.25) is 0 Å². The minimum atomic E-state index is -0.191. The van der Waals surface area contributed by atoms with Crippen LogP contribution >= 0.6 is 0 Å². The van der Waals surface area contributed by atoms with Gasteiger partial charge in [-0.25, -0.2) is 9.98 Å². The molecular weight excluding hydrogens is 196 g/mol. The van der Waals surface area contributed by atoms with Crippen molar-refractivity contribution in [2.75, 3.05) is 0 Å². The van der Waals surface area contributed by atoms with Gasteiger partial charge in [0.25, 0.3) is 0 Å². The zero-order valence-electron chi connectivity index (χ0n) is 7.88. The van der Waals surface area contributed by atoms with E-state index < -0.39 is 0 Å². The number of phenolic OH excluding ortho intramolecular Hbond substituents is 1. The van der Waals surface area contributed by atoms with E-state index in [9.17, 15) is 5.11 Å². The molecule has 9 N–H and O–H groups in total. The van der Waals surface area contributed by atoms with Crippen LogP contribution in [0, 0.1) is 0 Å². The van der Waals surface area contributed by atoms with Gasteiger partial charge in [0.1, 0.15) is 11.4 Å². The van der Waals surface area contributed by atoms with Crippen LogP contribution in [0.2, 0.25) is 0 Å². The van der Waals surface area contributed by atoms with Crippen LogP contribution in [0.5, 0.6) is 5.75 Å². The summed E-state index contributed by atoms with van der Waals surface area (Å²) in [5, 5.41) is 9.48. The van der Waals surface area contributed by atoms with Crippen LogP contribution in [-0.2, 0) is 0 Å². The third-order valence-corrected chi connectivity index (χ3v) is 1.48. The molecule has 0 amide bonds. The first-order chi connectivity index (χ1) is 7.00. The Morgan fingerprint density at radius 3 is 2.13 bits per heavy atom. The SMILES string of the molecule is NC(N)=Nc1cccc(O)c1N=C(N)N. The fourth-order valence-electron chi connectivity index (χ4n) is 0.992. The first-order valence-corrected chi connectivity index (χ1v) is 4.02. The van der Waals surface area contributed by atoms with Gasteiger partial charge < -0.3 is 28.0 Å². The quantitative estimate of drug-likeness (QED) is 0.318. The smallest absolute Gasteiger partial charge is 0.191 e. The third kappa shape index (κ3) is 2.76. The minimum Gasteiger partial charge on any atom is -0.506 e. The Morgan fingerprint density at radius 1 is 1.00 bits per heavy atom. The zero-order valence-corrected chi connectivity index (χ0v) is 7.88. The van der Waals surface area contributed by atoms with Crippen LogP contribution < -0.4 is 22.9 Å². The highest BCUT2D eigenvalue weighted by Crippen LogP contribution is 2.36. The lowest BCUT2D eigenvalue weighted by Gasteiger charge is -2.03. The number of guanidine groups is 2. The van der Waals surface area contributed by atoms with Crippen molar-refractivity contribution in [3.05, 3.63) is 18.2 Å². The molecule has 0 spiro atoms. The number of aromatic hydroxyl groups is 1. The molecule has 0 unspecified atom stereocenters. The summed E-state index contributed by atoms with van der Waals surface area (Å²) in [5.41, 5.74) is 21.2. The van der Waals surface area contributed by atoms with E-state index in [2.05, 4.69) is 9.98 Å². The molecule has 1 aromatic carbocycles. The predicted molar refractivity (Wildman–Crippen MR) is 59.0 cm³/mol. The van der Waals surface area contributed by atoms with Gasteiger partial charge in [-0.1, -0.05) is 6.07 Å². The fourth-order valence-corrected chi connectivity index (χ4v) is 0.992. The van der Waals surface area contributed by atoms with E-state index in [4.69, 9.17) is 22.9 Å². The molecule has 0 aliphatic rings. The van der Waals surface area contributed by atoms with Gasteiger partial charge in [-0.2, -0.15) is 0 Å². The number of nitrogens with zero attached hydrogens (tertiary/aromatic N) is 2. The summed E-state index contributed by atoms with van der Waals surface area (Å²) >= 11 is 0. The molecule has 0 aliphatic heterocycles. The van der Waals surface area contributed by atoms with E-state index in [1.54, 1.807) is 12.1 Å². The van der Waals surface area contributed by atoms with Crippen molar-refractivity contribution in [2.24, 2.45) is 32.9 Å². The molecule has 0 saturated carbocycles. The van der Waals surface area contributed by atoms with Crippen molar-refractivity contribution in [3.8, 4) is 5.75 Å². The van der Waals surface area contributed by atoms with E-state index in [1.165, 1.54) is 6.07 Å². The van der Waals surface area contributed by atoms with Gasteiger partial charge in [0, 0.05) is 0 Å². The van der Waals surface area contributed by atoms with E-state index in [-0.39, 0.29) is 23.4 Å². The number of benzene rings is 1. The van der Waals surface area contributed by atoms with Crippen LogP contribution in [0.15, 0.2) is 28.2 Å². The molecule has 1 aromatic rings. The highest BCUT2D eigenvalue weighted by molar-refractivity contribution is 5.86. The molecule has 0 bridgehead atoms. The summed E-state index contributed by atoms with van der Waals surface area (Å²) in [6.07, 6.45) is 0. The van der Waals surface area contributed by atoms with E-state index >= 15 is 0 Å². The highest BCUT2D eigenvalue weighted by atomic mass is 16.3. The molecule has 0 fully saturated rings. The van der Waals surface area contributed by atoms with E-state index in [0.717, 1.165) is 0 Å². The second-order valence-electron chi connectivity index (χ2n) is 2.72. The summed E-state index contributed by atoms with van der Waals surface area (Å²) in [6, 6.07) is 4.57. The molecule has 0 heterocycles. The average molecular weight is 208 g/mol. The van der Waals surface area contributed by atoms with Crippen molar-refractivity contribution in [2.45, 2.75) is 0 Å². The maximum absolute atomic E-state index is 9.48. The topological polar surface area (TPSA) is 149 Å². The van der Waals surface area contributed by atoms with Crippen LogP contribution in [0.3, 0.4) is 0 Å². The number of hydrogen-bond acceptors (Lipinski definition) is 3. The molecule has 0 radical (unpaired) electrons. The Morgan fingerprint density at radius 2 is 1.60 bits per heavy atom. The molecule has 7 nitrogen and oxygen atoms in total. The molecular formula is C8H12N6O. The van der Waals surface area contributed by atoms with E-state index in [1.807, 2.05) is 0 Å². The second kappa shape index (κ2) is 4.18. The largest absolute Gasteiger partial charge is 0.506 e. The molecule has 0 saturated heterocycles. The summed E-state index contributed by atoms with van der Waals surface area (Å²) in [6.45, 7) is 0. The summed E-state index contributed by atoms with van der Waals surface area (Å²) < 4.78 is 0. The van der Waals surface area contributed by atoms with Gasteiger partial charge in [0.15, 0.2) is 11.9 Å². The number of aliphatic imine (C=N–C) groups is 2. The first-order valence-electron chi connectivity index (χ1n) is 4.02. The number of rotatable bonds is 2. The lowest BCUT2D eigenvalue weighted by Crippen LogP contribution is -2.22. The molecule has 7 heteroatoms. The van der Waals surface area contributed by atoms with Crippen LogP contribution in [0.25, 0.3) is 0 Å². The number of nitrogens with two attached hydrogens (primary N) is 4. The van der Waals surface area contributed by atoms with Gasteiger partial charge in [0.05, 0.1) is 5.69 Å². The maximum atomic E-state index is 9.48. The molecule has 0 atom stereocenters. The summed E-state index contributed by atoms with van der Waals surface area (Å²) in [7, 11) is 0. The maximum Gasteiger partial charge on any atom is 0.191 e. The van der Waals surface area contributed by atoms with Crippen molar-refractivity contribution in [1.29, 1.82) is 0 Å². The average Bonchev–Trinajstić information content (AvgIpc) is 2.09. The van der Waals surface area contributed by atoms with Gasteiger partial charge in [0.2, 0.25) is 0 Å². The van der Waals surface area contributed by atoms with Gasteiger partial charge in [-0.05, 0) is 12.1 Å². The highest BCUT2D eigenvalue weighted by Gasteiger charge is 2.06. The van der Waals surface area contributed by atoms with Crippen molar-refractivity contribution in [3.63, 3.8) is 0 Å². The Balaban J connectivity index is 3.33. The lowest BCUT2D eigenvalue weighted by atomic mass is 10.2. The molecule has 0 aromatic heterocycles. The Kier molecular flexibility index (Phi) is 2.97. The molecule has 0 aliphatic carbocycles. The number of para-hydroxylation sites is 1. The first kappa shape index (κ1) is 10.6. The normalized spacial score (nSPS) is 9.33. The van der Waals surface area contributed by atoms with Crippen LogP contribution in [-0.4, -0.2) is 17.0 Å². The monoisotopic (exact) mass is 208 g/mol. The fraction of sp³-hybridized carbons (Fsp3) is 0. The third-order valence-electron chi connectivity index (χ3n) is 1.48. The standard InChI is InChI=1S/C8H12N6O/c9-7(10)13-4-2-1-3-5(15)6(4)14-8(11)12/h1-3,15H,(H4,9,10,13)(H4,11,12,14). The van der Waals surface area contributed by atoms with Gasteiger partial charge >= 0.3 is 0 Å². The van der Waals surface area contributed by atoms with Crippen LogP contribution in [0.4, 0.5) is 11.4 Å². The number of phenols is 1. The van der Waals surface area contributed by atoms with Crippen LogP contribution in [0.1, 0.15) is 0 Å². The Bertz CT molecular complexity index is 417.